The first-order valence-corrected chi connectivity index (χ1v) is 7.17. The number of sulfonamides is 1. The lowest BCUT2D eigenvalue weighted by molar-refractivity contribution is -0.123. The highest BCUT2D eigenvalue weighted by Gasteiger charge is 2.11. The number of carbonyl (C=O) groups is 2. The van der Waals surface area contributed by atoms with Crippen molar-refractivity contribution in [3.63, 3.8) is 0 Å². The van der Waals surface area contributed by atoms with Crippen LogP contribution in [0.3, 0.4) is 0 Å². The van der Waals surface area contributed by atoms with E-state index >= 15 is 0 Å². The molecule has 9 heteroatoms. The number of rotatable bonds is 6. The van der Waals surface area contributed by atoms with E-state index in [2.05, 4.69) is 15.4 Å². The zero-order valence-electron chi connectivity index (χ0n) is 10.8. The molecule has 20 heavy (non-hydrogen) atoms. The van der Waals surface area contributed by atoms with Gasteiger partial charge in [-0.3, -0.25) is 9.59 Å². The van der Waals surface area contributed by atoms with Gasteiger partial charge in [0, 0.05) is 5.69 Å². The molecular formula is C11H16N4O4S. The van der Waals surface area contributed by atoms with E-state index in [1.807, 2.05) is 0 Å². The highest BCUT2D eigenvalue weighted by molar-refractivity contribution is 7.89. The molecule has 110 valence electrons. The fraction of sp³-hybridized carbons (Fsp3) is 0.273. The number of nitrogens with two attached hydrogens (primary N) is 1. The predicted molar refractivity (Wildman–Crippen MR) is 73.4 cm³/mol. The van der Waals surface area contributed by atoms with E-state index in [1.54, 1.807) is 0 Å². The summed E-state index contributed by atoms with van der Waals surface area (Å²) in [7, 11) is -2.19. The SMILES string of the molecule is CNS(=O)(=O)c1ccc(NC(=O)CNC(=O)CN)cc1. The molecule has 0 aliphatic carbocycles. The van der Waals surface area contributed by atoms with Crippen molar-refractivity contribution in [2.24, 2.45) is 5.73 Å². The van der Waals surface area contributed by atoms with Crippen LogP contribution in [0.5, 0.6) is 0 Å². The molecule has 0 spiro atoms. The number of carbonyl (C=O) groups excluding carboxylic acids is 2. The minimum atomic E-state index is -3.50. The predicted octanol–water partition coefficient (Wildman–Crippen LogP) is -1.39. The van der Waals surface area contributed by atoms with Crippen molar-refractivity contribution in [2.75, 3.05) is 25.5 Å². The van der Waals surface area contributed by atoms with Crippen LogP contribution in [0.25, 0.3) is 0 Å². The van der Waals surface area contributed by atoms with Gasteiger partial charge in [0.15, 0.2) is 0 Å². The maximum Gasteiger partial charge on any atom is 0.243 e. The minimum absolute atomic E-state index is 0.0921. The largest absolute Gasteiger partial charge is 0.346 e. The molecule has 8 nitrogen and oxygen atoms in total. The van der Waals surface area contributed by atoms with Crippen LogP contribution in [0.15, 0.2) is 29.2 Å². The van der Waals surface area contributed by atoms with E-state index in [4.69, 9.17) is 5.73 Å². The lowest BCUT2D eigenvalue weighted by Gasteiger charge is -2.07. The van der Waals surface area contributed by atoms with Gasteiger partial charge >= 0.3 is 0 Å². The van der Waals surface area contributed by atoms with Crippen molar-refractivity contribution in [1.82, 2.24) is 10.0 Å². The van der Waals surface area contributed by atoms with Crippen LogP contribution in [0, 0.1) is 0 Å². The third-order valence-corrected chi connectivity index (χ3v) is 3.78. The first-order valence-electron chi connectivity index (χ1n) is 5.69. The number of nitrogens with one attached hydrogen (secondary N) is 3. The fourth-order valence-corrected chi connectivity index (χ4v) is 2.02. The molecule has 0 radical (unpaired) electrons. The molecule has 0 unspecified atom stereocenters. The van der Waals surface area contributed by atoms with E-state index in [0.29, 0.717) is 5.69 Å². The first kappa shape index (κ1) is 16.1. The molecule has 1 rings (SSSR count). The van der Waals surface area contributed by atoms with Gasteiger partial charge in [-0.15, -0.1) is 0 Å². The quantitative estimate of drug-likeness (QED) is 0.514. The van der Waals surface area contributed by atoms with E-state index in [9.17, 15) is 18.0 Å². The Morgan fingerprint density at radius 2 is 1.75 bits per heavy atom. The van der Waals surface area contributed by atoms with Crippen LogP contribution in [0.2, 0.25) is 0 Å². The lowest BCUT2D eigenvalue weighted by Crippen LogP contribution is -2.36. The Morgan fingerprint density at radius 3 is 2.25 bits per heavy atom. The number of benzene rings is 1. The van der Waals surface area contributed by atoms with Crippen molar-refractivity contribution in [3.8, 4) is 0 Å². The van der Waals surface area contributed by atoms with Crippen LogP contribution in [-0.4, -0.2) is 40.4 Å². The molecule has 0 saturated carbocycles. The molecule has 2 amide bonds. The summed E-state index contributed by atoms with van der Waals surface area (Å²) < 4.78 is 25.2. The highest BCUT2D eigenvalue weighted by atomic mass is 32.2. The van der Waals surface area contributed by atoms with Crippen molar-refractivity contribution < 1.29 is 18.0 Å². The number of amides is 2. The zero-order chi connectivity index (χ0) is 15.2. The van der Waals surface area contributed by atoms with Gasteiger partial charge in [0.2, 0.25) is 21.8 Å². The lowest BCUT2D eigenvalue weighted by atomic mass is 10.3. The van der Waals surface area contributed by atoms with E-state index in [1.165, 1.54) is 31.3 Å². The van der Waals surface area contributed by atoms with Gasteiger partial charge in [0.1, 0.15) is 0 Å². The summed E-state index contributed by atoms with van der Waals surface area (Å²) in [6, 6.07) is 5.62. The van der Waals surface area contributed by atoms with Gasteiger partial charge in [0.05, 0.1) is 18.0 Å². The highest BCUT2D eigenvalue weighted by Crippen LogP contribution is 2.13. The summed E-state index contributed by atoms with van der Waals surface area (Å²) in [6.45, 7) is -0.392. The Bertz CT molecular complexity index is 583. The van der Waals surface area contributed by atoms with Gasteiger partial charge in [-0.05, 0) is 31.3 Å². The van der Waals surface area contributed by atoms with Crippen molar-refractivity contribution >= 4 is 27.5 Å². The topological polar surface area (TPSA) is 130 Å². The van der Waals surface area contributed by atoms with Crippen LogP contribution in [0.4, 0.5) is 5.69 Å². The Hall–Kier alpha value is -1.97. The maximum absolute atomic E-state index is 11.5. The summed E-state index contributed by atoms with van der Waals surface area (Å²) in [6.07, 6.45) is 0. The Kier molecular flexibility index (Phi) is 5.62. The standard InChI is InChI=1S/C11H16N4O4S/c1-13-20(18,19)9-4-2-8(3-5-9)15-11(17)7-14-10(16)6-12/h2-5,13H,6-7,12H2,1H3,(H,14,16)(H,15,17). The van der Waals surface area contributed by atoms with Gasteiger partial charge < -0.3 is 16.4 Å². The molecule has 0 heterocycles. The number of hydrogen-bond acceptors (Lipinski definition) is 5. The summed E-state index contributed by atoms with van der Waals surface area (Å²) in [5, 5.41) is 4.82. The third kappa shape index (κ3) is 4.61. The molecule has 0 fully saturated rings. The molecule has 0 aromatic heterocycles. The molecular weight excluding hydrogens is 284 g/mol. The second-order valence-corrected chi connectivity index (χ2v) is 5.65. The monoisotopic (exact) mass is 300 g/mol. The average Bonchev–Trinajstić information content (AvgIpc) is 2.45. The number of anilines is 1. The molecule has 1 aromatic carbocycles. The summed E-state index contributed by atoms with van der Waals surface area (Å²) in [4.78, 5) is 22.4. The summed E-state index contributed by atoms with van der Waals surface area (Å²) in [5.41, 5.74) is 5.50. The molecule has 0 bridgehead atoms. The van der Waals surface area contributed by atoms with E-state index in [-0.39, 0.29) is 18.0 Å². The Morgan fingerprint density at radius 1 is 1.15 bits per heavy atom. The van der Waals surface area contributed by atoms with Gasteiger partial charge in [-0.1, -0.05) is 0 Å². The van der Waals surface area contributed by atoms with Crippen molar-refractivity contribution in [1.29, 1.82) is 0 Å². The van der Waals surface area contributed by atoms with Crippen LogP contribution in [-0.2, 0) is 19.6 Å². The van der Waals surface area contributed by atoms with Crippen molar-refractivity contribution in [3.05, 3.63) is 24.3 Å². The van der Waals surface area contributed by atoms with Gasteiger partial charge in [-0.25, -0.2) is 13.1 Å². The van der Waals surface area contributed by atoms with Gasteiger partial charge in [-0.2, -0.15) is 0 Å². The summed E-state index contributed by atoms with van der Waals surface area (Å²) >= 11 is 0. The molecule has 0 atom stereocenters. The van der Waals surface area contributed by atoms with E-state index < -0.39 is 21.8 Å². The smallest absolute Gasteiger partial charge is 0.243 e. The zero-order valence-corrected chi connectivity index (χ0v) is 11.7. The normalized spacial score (nSPS) is 10.9. The molecule has 1 aromatic rings. The summed E-state index contributed by atoms with van der Waals surface area (Å²) in [5.74, 6) is -0.869. The fourth-order valence-electron chi connectivity index (χ4n) is 1.29. The van der Waals surface area contributed by atoms with Crippen LogP contribution < -0.4 is 21.1 Å². The Balaban J connectivity index is 2.62. The second-order valence-electron chi connectivity index (χ2n) is 3.76. The average molecular weight is 300 g/mol. The molecule has 0 aliphatic rings. The van der Waals surface area contributed by atoms with Crippen molar-refractivity contribution in [2.45, 2.75) is 4.90 Å². The molecule has 0 saturated heterocycles. The van der Waals surface area contributed by atoms with E-state index in [0.717, 1.165) is 0 Å². The molecule has 0 aliphatic heterocycles. The maximum atomic E-state index is 11.5. The molecule has 5 N–H and O–H groups in total. The van der Waals surface area contributed by atoms with Gasteiger partial charge in [0.25, 0.3) is 0 Å². The van der Waals surface area contributed by atoms with Crippen LogP contribution in [0.1, 0.15) is 0 Å². The third-order valence-electron chi connectivity index (χ3n) is 2.35. The van der Waals surface area contributed by atoms with Crippen LogP contribution >= 0.6 is 0 Å². The Labute approximate surface area is 116 Å². The second kappa shape index (κ2) is 6.98. The first-order chi connectivity index (χ1) is 9.39. The number of hydrogen-bond donors (Lipinski definition) is 4. The minimum Gasteiger partial charge on any atom is -0.346 e.